The first-order valence-electron chi connectivity index (χ1n) is 9.80. The molecule has 7 heteroatoms. The van der Waals surface area contributed by atoms with Crippen LogP contribution in [-0.4, -0.2) is 48.6 Å². The van der Waals surface area contributed by atoms with Crippen molar-refractivity contribution < 1.29 is 18.8 Å². The van der Waals surface area contributed by atoms with Gasteiger partial charge in [-0.15, -0.1) is 0 Å². The summed E-state index contributed by atoms with van der Waals surface area (Å²) in [6.07, 6.45) is 3.90. The smallest absolute Gasteiger partial charge is 0.232 e. The second-order valence-electron chi connectivity index (χ2n) is 7.48. The van der Waals surface area contributed by atoms with Gasteiger partial charge in [-0.05, 0) is 37.8 Å². The van der Waals surface area contributed by atoms with E-state index in [1.807, 2.05) is 35.2 Å². The van der Waals surface area contributed by atoms with Crippen molar-refractivity contribution in [1.29, 1.82) is 0 Å². The molecular weight excluding hydrogens is 358 g/mol. The van der Waals surface area contributed by atoms with Crippen molar-refractivity contribution in [1.82, 2.24) is 15.4 Å². The first-order valence-corrected chi connectivity index (χ1v) is 9.80. The number of likely N-dealkylation sites (tertiary alicyclic amines) is 1. The van der Waals surface area contributed by atoms with E-state index in [0.29, 0.717) is 31.0 Å². The molecule has 1 aliphatic heterocycles. The van der Waals surface area contributed by atoms with E-state index >= 15 is 0 Å². The molecule has 0 bridgehead atoms. The summed E-state index contributed by atoms with van der Waals surface area (Å²) in [7, 11) is 1.62. The molecule has 2 aliphatic rings. The van der Waals surface area contributed by atoms with Crippen molar-refractivity contribution in [3.05, 3.63) is 36.0 Å². The zero-order chi connectivity index (χ0) is 19.6. The average Bonchev–Trinajstić information content (AvgIpc) is 3.19. The molecule has 148 valence electrons. The zero-order valence-electron chi connectivity index (χ0n) is 16.1. The SMILES string of the molecule is COc1cccc(-c2cc(C3(C(=O)NCCCN4CCCC4=O)CC3)no2)c1. The molecular formula is C21H25N3O4. The number of nitrogens with zero attached hydrogens (tertiary/aromatic N) is 2. The maximum absolute atomic E-state index is 12.7. The molecule has 1 aromatic carbocycles. The van der Waals surface area contributed by atoms with Crippen molar-refractivity contribution in [2.75, 3.05) is 26.7 Å². The highest BCUT2D eigenvalue weighted by Gasteiger charge is 2.53. The number of carbonyl (C=O) groups is 2. The molecule has 2 aromatic rings. The monoisotopic (exact) mass is 383 g/mol. The third-order valence-corrected chi connectivity index (χ3v) is 5.60. The van der Waals surface area contributed by atoms with Gasteiger partial charge in [-0.1, -0.05) is 17.3 Å². The van der Waals surface area contributed by atoms with E-state index in [9.17, 15) is 9.59 Å². The van der Waals surface area contributed by atoms with Gasteiger partial charge >= 0.3 is 0 Å². The van der Waals surface area contributed by atoms with Crippen LogP contribution in [0.15, 0.2) is 34.9 Å². The summed E-state index contributed by atoms with van der Waals surface area (Å²) < 4.78 is 10.8. The van der Waals surface area contributed by atoms with Gasteiger partial charge in [-0.3, -0.25) is 9.59 Å². The minimum Gasteiger partial charge on any atom is -0.497 e. The summed E-state index contributed by atoms with van der Waals surface area (Å²) in [6.45, 7) is 2.10. The van der Waals surface area contributed by atoms with E-state index in [1.54, 1.807) is 7.11 Å². The third-order valence-electron chi connectivity index (χ3n) is 5.60. The summed E-state index contributed by atoms with van der Waals surface area (Å²) in [5.41, 5.74) is 0.964. The molecule has 0 radical (unpaired) electrons. The van der Waals surface area contributed by atoms with Crippen molar-refractivity contribution >= 4 is 11.8 Å². The summed E-state index contributed by atoms with van der Waals surface area (Å²) in [6, 6.07) is 9.41. The van der Waals surface area contributed by atoms with Crippen LogP contribution < -0.4 is 10.1 Å². The Bertz CT molecular complexity index is 872. The highest BCUT2D eigenvalue weighted by Crippen LogP contribution is 2.48. The largest absolute Gasteiger partial charge is 0.497 e. The highest BCUT2D eigenvalue weighted by atomic mass is 16.5. The number of aromatic nitrogens is 1. The van der Waals surface area contributed by atoms with Crippen LogP contribution in [0.25, 0.3) is 11.3 Å². The molecule has 1 N–H and O–H groups in total. The second-order valence-corrected chi connectivity index (χ2v) is 7.48. The Balaban J connectivity index is 1.35. The fraction of sp³-hybridized carbons (Fsp3) is 0.476. The van der Waals surface area contributed by atoms with Gasteiger partial charge in [0.15, 0.2) is 5.76 Å². The first-order chi connectivity index (χ1) is 13.6. The quantitative estimate of drug-likeness (QED) is 0.708. The number of nitrogens with one attached hydrogen (secondary N) is 1. The Morgan fingerprint density at radius 1 is 1.36 bits per heavy atom. The zero-order valence-corrected chi connectivity index (χ0v) is 16.1. The van der Waals surface area contributed by atoms with Gasteiger partial charge in [0.05, 0.1) is 18.2 Å². The van der Waals surface area contributed by atoms with Gasteiger partial charge in [0, 0.05) is 37.7 Å². The lowest BCUT2D eigenvalue weighted by Gasteiger charge is -2.16. The van der Waals surface area contributed by atoms with E-state index in [2.05, 4.69) is 10.5 Å². The van der Waals surface area contributed by atoms with Crippen LogP contribution in [0.1, 0.15) is 37.8 Å². The lowest BCUT2D eigenvalue weighted by molar-refractivity contribution is -0.127. The fourth-order valence-electron chi connectivity index (χ4n) is 3.72. The van der Waals surface area contributed by atoms with Crippen LogP contribution in [0.4, 0.5) is 0 Å². The van der Waals surface area contributed by atoms with Crippen LogP contribution in [0, 0.1) is 0 Å². The Hall–Kier alpha value is -2.83. The van der Waals surface area contributed by atoms with Gasteiger partial charge < -0.3 is 19.5 Å². The third kappa shape index (κ3) is 3.61. The Labute approximate surface area is 164 Å². The summed E-state index contributed by atoms with van der Waals surface area (Å²) >= 11 is 0. The van der Waals surface area contributed by atoms with Gasteiger partial charge in [-0.25, -0.2) is 0 Å². The highest BCUT2D eigenvalue weighted by molar-refractivity contribution is 5.91. The molecule has 2 fully saturated rings. The lowest BCUT2D eigenvalue weighted by atomic mass is 10.00. The van der Waals surface area contributed by atoms with Crippen molar-refractivity contribution in [3.8, 4) is 17.1 Å². The van der Waals surface area contributed by atoms with Gasteiger partial charge in [0.1, 0.15) is 5.75 Å². The number of hydrogen-bond acceptors (Lipinski definition) is 5. The molecule has 2 heterocycles. The molecule has 7 nitrogen and oxygen atoms in total. The summed E-state index contributed by atoms with van der Waals surface area (Å²) in [5.74, 6) is 1.58. The number of benzene rings is 1. The number of hydrogen-bond donors (Lipinski definition) is 1. The summed E-state index contributed by atoms with van der Waals surface area (Å²) in [5, 5.41) is 7.19. The van der Waals surface area contributed by atoms with Gasteiger partial charge in [0.25, 0.3) is 0 Å². The topological polar surface area (TPSA) is 84.7 Å². The van der Waals surface area contributed by atoms with Gasteiger partial charge in [-0.2, -0.15) is 0 Å². The summed E-state index contributed by atoms with van der Waals surface area (Å²) in [4.78, 5) is 26.2. The molecule has 4 rings (SSSR count). The predicted molar refractivity (Wildman–Crippen MR) is 103 cm³/mol. The van der Waals surface area contributed by atoms with Crippen molar-refractivity contribution in [3.63, 3.8) is 0 Å². The number of ether oxygens (including phenoxy) is 1. The van der Waals surface area contributed by atoms with E-state index in [4.69, 9.17) is 9.26 Å². The van der Waals surface area contributed by atoms with Crippen LogP contribution in [-0.2, 0) is 15.0 Å². The van der Waals surface area contributed by atoms with Gasteiger partial charge in [0.2, 0.25) is 11.8 Å². The second kappa shape index (κ2) is 7.66. The normalized spacial score (nSPS) is 17.6. The number of carbonyl (C=O) groups excluding carboxylic acids is 2. The van der Waals surface area contributed by atoms with E-state index in [1.165, 1.54) is 0 Å². The Morgan fingerprint density at radius 3 is 2.93 bits per heavy atom. The minimum absolute atomic E-state index is 0.00857. The average molecular weight is 383 g/mol. The molecule has 0 atom stereocenters. The molecule has 0 spiro atoms. The van der Waals surface area contributed by atoms with E-state index < -0.39 is 5.41 Å². The van der Waals surface area contributed by atoms with E-state index in [-0.39, 0.29) is 11.8 Å². The Morgan fingerprint density at radius 2 is 2.21 bits per heavy atom. The molecule has 1 saturated carbocycles. The number of rotatable bonds is 8. The van der Waals surface area contributed by atoms with Crippen LogP contribution >= 0.6 is 0 Å². The number of amides is 2. The molecule has 28 heavy (non-hydrogen) atoms. The van der Waals surface area contributed by atoms with E-state index in [0.717, 1.165) is 43.5 Å². The molecule has 1 aliphatic carbocycles. The maximum Gasteiger partial charge on any atom is 0.232 e. The standard InChI is InChI=1S/C21H25N3O4/c1-27-16-6-2-5-15(13-16)17-14-18(23-28-17)21(8-9-21)20(26)22-10-4-12-24-11-3-7-19(24)25/h2,5-6,13-14H,3-4,7-12H2,1H3,(H,22,26). The number of methoxy groups -OCH3 is 1. The first kappa shape index (κ1) is 18.5. The molecule has 2 amide bonds. The minimum atomic E-state index is -0.579. The molecule has 1 saturated heterocycles. The lowest BCUT2D eigenvalue weighted by Crippen LogP contribution is -2.37. The van der Waals surface area contributed by atoms with Crippen molar-refractivity contribution in [2.45, 2.75) is 37.5 Å². The molecule has 0 unspecified atom stereocenters. The molecule has 1 aromatic heterocycles. The fourth-order valence-corrected chi connectivity index (χ4v) is 3.72. The van der Waals surface area contributed by atoms with Crippen LogP contribution in [0.5, 0.6) is 5.75 Å². The van der Waals surface area contributed by atoms with Crippen LogP contribution in [0.3, 0.4) is 0 Å². The van der Waals surface area contributed by atoms with Crippen LogP contribution in [0.2, 0.25) is 0 Å². The maximum atomic E-state index is 12.7. The predicted octanol–water partition coefficient (Wildman–Crippen LogP) is 2.51. The van der Waals surface area contributed by atoms with Crippen molar-refractivity contribution in [2.24, 2.45) is 0 Å². The Kier molecular flexibility index (Phi) is 5.07.